The van der Waals surface area contributed by atoms with Crippen molar-refractivity contribution in [1.29, 1.82) is 0 Å². The molecule has 1 fully saturated rings. The molecule has 0 aromatic carbocycles. The van der Waals surface area contributed by atoms with Gasteiger partial charge in [-0.15, -0.1) is 5.10 Å². The van der Waals surface area contributed by atoms with Gasteiger partial charge in [0.15, 0.2) is 0 Å². The molecule has 1 aliphatic heterocycles. The molecule has 0 spiro atoms. The van der Waals surface area contributed by atoms with E-state index in [2.05, 4.69) is 15.1 Å². The van der Waals surface area contributed by atoms with E-state index in [0.29, 0.717) is 18.8 Å². The second kappa shape index (κ2) is 6.52. The maximum Gasteiger partial charge on any atom is 0.453 e. The van der Waals surface area contributed by atoms with Gasteiger partial charge in [-0.2, -0.15) is 22.7 Å². The van der Waals surface area contributed by atoms with Crippen LogP contribution in [0.4, 0.5) is 13.2 Å². The number of aliphatic hydroxyl groups is 1. The maximum atomic E-state index is 12.8. The first-order valence-corrected chi connectivity index (χ1v) is 7.74. The summed E-state index contributed by atoms with van der Waals surface area (Å²) in [6.07, 6.45) is -3.41. The molecule has 0 saturated carbocycles. The number of β-amino-alcohol motifs (C(OH)–C–C–N with tert-alkyl or cyclic N) is 1. The average molecular weight is 345 g/mol. The normalized spacial score (nSPS) is 19.8. The zero-order valence-corrected chi connectivity index (χ0v) is 13.1. The van der Waals surface area contributed by atoms with Crippen LogP contribution in [0.5, 0.6) is 5.88 Å². The number of nitrogens with zero attached hydrogens (tertiary/aromatic N) is 5. The average Bonchev–Trinajstić information content (AvgIpc) is 2.92. The highest BCUT2D eigenvalue weighted by molar-refractivity contribution is 5.35. The van der Waals surface area contributed by atoms with Crippen molar-refractivity contribution in [2.24, 2.45) is 0 Å². The van der Waals surface area contributed by atoms with Crippen LogP contribution in [-0.2, 0) is 12.7 Å². The maximum absolute atomic E-state index is 12.8. The van der Waals surface area contributed by atoms with Crippen LogP contribution in [-0.4, -0.2) is 55.4 Å². The molecule has 1 unspecified atom stereocenters. The SMILES string of the molecule is CCOc1cc(CN2CCCC(O)C2)nc2nc(C(F)(F)F)nn12. The van der Waals surface area contributed by atoms with Crippen LogP contribution in [0.15, 0.2) is 6.07 Å². The summed E-state index contributed by atoms with van der Waals surface area (Å²) in [5.74, 6) is -1.24. The smallest absolute Gasteiger partial charge is 0.453 e. The van der Waals surface area contributed by atoms with Gasteiger partial charge in [0, 0.05) is 19.2 Å². The minimum absolute atomic E-state index is 0.152. The number of piperidine rings is 1. The summed E-state index contributed by atoms with van der Waals surface area (Å²) in [5.41, 5.74) is 0.529. The van der Waals surface area contributed by atoms with Crippen molar-refractivity contribution in [1.82, 2.24) is 24.5 Å². The monoisotopic (exact) mass is 345 g/mol. The minimum atomic E-state index is -4.64. The van der Waals surface area contributed by atoms with Crippen LogP contribution in [0.2, 0.25) is 0 Å². The van der Waals surface area contributed by atoms with Crippen LogP contribution in [0.3, 0.4) is 0 Å². The van der Waals surface area contributed by atoms with Gasteiger partial charge < -0.3 is 9.84 Å². The number of likely N-dealkylation sites (tertiary alicyclic amines) is 1. The lowest BCUT2D eigenvalue weighted by molar-refractivity contribution is -0.144. The minimum Gasteiger partial charge on any atom is -0.478 e. The molecule has 0 bridgehead atoms. The van der Waals surface area contributed by atoms with Gasteiger partial charge in [0.05, 0.1) is 18.4 Å². The quantitative estimate of drug-likeness (QED) is 0.905. The van der Waals surface area contributed by atoms with Gasteiger partial charge >= 0.3 is 6.18 Å². The van der Waals surface area contributed by atoms with Crippen LogP contribution >= 0.6 is 0 Å². The van der Waals surface area contributed by atoms with E-state index in [4.69, 9.17) is 4.74 Å². The Bertz CT molecular complexity index is 718. The number of alkyl halides is 3. The van der Waals surface area contributed by atoms with Gasteiger partial charge in [-0.05, 0) is 26.3 Å². The van der Waals surface area contributed by atoms with Crippen molar-refractivity contribution in [3.8, 4) is 5.88 Å². The number of hydrogen-bond acceptors (Lipinski definition) is 6. The van der Waals surface area contributed by atoms with Gasteiger partial charge in [-0.1, -0.05) is 0 Å². The summed E-state index contributed by atoms with van der Waals surface area (Å²) in [7, 11) is 0. The van der Waals surface area contributed by atoms with Crippen molar-refractivity contribution < 1.29 is 23.0 Å². The predicted octanol–water partition coefficient (Wildman–Crippen LogP) is 1.50. The zero-order valence-electron chi connectivity index (χ0n) is 13.1. The van der Waals surface area contributed by atoms with E-state index in [1.54, 1.807) is 13.0 Å². The molecule has 132 valence electrons. The highest BCUT2D eigenvalue weighted by Crippen LogP contribution is 2.27. The van der Waals surface area contributed by atoms with Crippen molar-refractivity contribution in [2.45, 2.75) is 38.6 Å². The molecule has 10 heteroatoms. The first-order chi connectivity index (χ1) is 11.4. The molecule has 2 aromatic rings. The van der Waals surface area contributed by atoms with Crippen molar-refractivity contribution in [3.63, 3.8) is 0 Å². The number of ether oxygens (including phenoxy) is 1. The first kappa shape index (κ1) is 16.9. The number of hydrogen-bond donors (Lipinski definition) is 1. The third kappa shape index (κ3) is 3.59. The first-order valence-electron chi connectivity index (χ1n) is 7.74. The summed E-state index contributed by atoms with van der Waals surface area (Å²) in [6, 6.07) is 1.56. The summed E-state index contributed by atoms with van der Waals surface area (Å²) >= 11 is 0. The summed E-state index contributed by atoms with van der Waals surface area (Å²) < 4.78 is 44.8. The zero-order chi connectivity index (χ0) is 17.3. The molecule has 0 radical (unpaired) electrons. The molecule has 3 heterocycles. The van der Waals surface area contributed by atoms with E-state index in [0.717, 1.165) is 23.9 Å². The molecule has 0 aliphatic carbocycles. The molecule has 1 saturated heterocycles. The van der Waals surface area contributed by atoms with Gasteiger partial charge in [-0.3, -0.25) is 4.90 Å². The Morgan fingerprint density at radius 2 is 2.17 bits per heavy atom. The molecule has 3 rings (SSSR count). The Morgan fingerprint density at radius 3 is 2.83 bits per heavy atom. The number of rotatable bonds is 4. The molecule has 1 atom stereocenters. The summed E-state index contributed by atoms with van der Waals surface area (Å²) in [5, 5.41) is 13.2. The topological polar surface area (TPSA) is 75.8 Å². The van der Waals surface area contributed by atoms with E-state index < -0.39 is 18.1 Å². The van der Waals surface area contributed by atoms with Crippen LogP contribution < -0.4 is 4.74 Å². The Balaban J connectivity index is 1.93. The molecule has 0 amide bonds. The fourth-order valence-electron chi connectivity index (χ4n) is 2.74. The van der Waals surface area contributed by atoms with E-state index in [9.17, 15) is 18.3 Å². The van der Waals surface area contributed by atoms with E-state index in [1.165, 1.54) is 0 Å². The molecular weight excluding hydrogens is 327 g/mol. The molecular formula is C14H18F3N5O2. The van der Waals surface area contributed by atoms with Crippen molar-refractivity contribution >= 4 is 5.78 Å². The lowest BCUT2D eigenvalue weighted by Crippen LogP contribution is -2.37. The van der Waals surface area contributed by atoms with Gasteiger partial charge in [0.2, 0.25) is 5.88 Å². The number of fused-ring (bicyclic) bond motifs is 1. The fourth-order valence-corrected chi connectivity index (χ4v) is 2.74. The number of aliphatic hydroxyl groups excluding tert-OH is 1. The molecule has 1 N–H and O–H groups in total. The van der Waals surface area contributed by atoms with E-state index in [1.807, 2.05) is 4.90 Å². The van der Waals surface area contributed by atoms with E-state index >= 15 is 0 Å². The summed E-state index contributed by atoms with van der Waals surface area (Å²) in [4.78, 5) is 9.62. The van der Waals surface area contributed by atoms with Gasteiger partial charge in [-0.25, -0.2) is 4.98 Å². The Hall–Kier alpha value is -1.94. The van der Waals surface area contributed by atoms with Crippen molar-refractivity contribution in [3.05, 3.63) is 17.6 Å². The third-order valence-corrected chi connectivity index (χ3v) is 3.74. The molecule has 7 nitrogen and oxygen atoms in total. The fraction of sp³-hybridized carbons (Fsp3) is 0.643. The largest absolute Gasteiger partial charge is 0.478 e. The second-order valence-electron chi connectivity index (χ2n) is 5.69. The Kier molecular flexibility index (Phi) is 4.59. The summed E-state index contributed by atoms with van der Waals surface area (Å²) in [6.45, 7) is 3.73. The Morgan fingerprint density at radius 1 is 1.38 bits per heavy atom. The lowest BCUT2D eigenvalue weighted by atomic mass is 10.1. The van der Waals surface area contributed by atoms with Crippen LogP contribution in [0.25, 0.3) is 5.78 Å². The standard InChI is InChI=1S/C14H18F3N5O2/c1-2-24-11-6-9(7-21-5-3-4-10(23)8-21)18-13-19-12(14(15,16)17)20-22(11)13/h6,10,23H,2-5,7-8H2,1H3. The highest BCUT2D eigenvalue weighted by atomic mass is 19.4. The Labute approximate surface area is 136 Å². The van der Waals surface area contributed by atoms with Crippen molar-refractivity contribution in [2.75, 3.05) is 19.7 Å². The second-order valence-corrected chi connectivity index (χ2v) is 5.69. The highest BCUT2D eigenvalue weighted by Gasteiger charge is 2.37. The lowest BCUT2D eigenvalue weighted by Gasteiger charge is -2.29. The van der Waals surface area contributed by atoms with Crippen LogP contribution in [0.1, 0.15) is 31.3 Å². The van der Waals surface area contributed by atoms with Crippen LogP contribution in [0, 0.1) is 0 Å². The molecule has 2 aromatic heterocycles. The van der Waals surface area contributed by atoms with E-state index in [-0.39, 0.29) is 18.3 Å². The number of halogens is 3. The van der Waals surface area contributed by atoms with Gasteiger partial charge in [0.25, 0.3) is 11.6 Å². The number of aromatic nitrogens is 4. The molecule has 1 aliphatic rings. The molecule has 24 heavy (non-hydrogen) atoms. The predicted molar refractivity (Wildman–Crippen MR) is 77.5 cm³/mol. The third-order valence-electron chi connectivity index (χ3n) is 3.74. The van der Waals surface area contributed by atoms with Gasteiger partial charge in [0.1, 0.15) is 0 Å².